The Labute approximate surface area is 141 Å². The first-order valence-corrected chi connectivity index (χ1v) is 8.29. The highest BCUT2D eigenvalue weighted by Crippen LogP contribution is 2.29. The summed E-state index contributed by atoms with van der Waals surface area (Å²) in [6.45, 7) is 4.10. The number of nitrogens with zero attached hydrogens (tertiary/aromatic N) is 5. The van der Waals surface area contributed by atoms with Crippen molar-refractivity contribution in [1.82, 2.24) is 19.7 Å². The van der Waals surface area contributed by atoms with Crippen molar-refractivity contribution in [2.24, 2.45) is 0 Å². The van der Waals surface area contributed by atoms with Crippen LogP contribution in [0.25, 0.3) is 10.9 Å². The van der Waals surface area contributed by atoms with Crippen molar-refractivity contribution < 1.29 is 4.74 Å². The van der Waals surface area contributed by atoms with Crippen LogP contribution in [0.15, 0.2) is 36.9 Å². The molecule has 3 heterocycles. The maximum Gasteiger partial charge on any atom is 0.137 e. The van der Waals surface area contributed by atoms with Crippen LogP contribution in [0.5, 0.6) is 5.75 Å². The van der Waals surface area contributed by atoms with E-state index >= 15 is 0 Å². The molecule has 0 saturated carbocycles. The van der Waals surface area contributed by atoms with Crippen molar-refractivity contribution in [1.29, 1.82) is 0 Å². The number of methoxy groups -OCH3 is 1. The van der Waals surface area contributed by atoms with Gasteiger partial charge in [0.05, 0.1) is 18.7 Å². The van der Waals surface area contributed by atoms with Gasteiger partial charge in [0, 0.05) is 18.5 Å². The molecule has 2 aromatic heterocycles. The smallest absolute Gasteiger partial charge is 0.137 e. The van der Waals surface area contributed by atoms with Crippen molar-refractivity contribution in [3.63, 3.8) is 0 Å². The molecule has 3 aromatic rings. The van der Waals surface area contributed by atoms with E-state index in [9.17, 15) is 0 Å². The number of hydrogen-bond acceptors (Lipinski definition) is 5. The van der Waals surface area contributed by atoms with Crippen molar-refractivity contribution in [2.75, 3.05) is 25.1 Å². The van der Waals surface area contributed by atoms with Gasteiger partial charge in [-0.15, -0.1) is 0 Å². The summed E-state index contributed by atoms with van der Waals surface area (Å²) in [7, 11) is 1.69. The van der Waals surface area contributed by atoms with E-state index < -0.39 is 0 Å². The van der Waals surface area contributed by atoms with Crippen LogP contribution in [-0.4, -0.2) is 39.9 Å². The molecule has 0 amide bonds. The minimum absolute atomic E-state index is 0.439. The lowest BCUT2D eigenvalue weighted by atomic mass is 10.0. The predicted octanol–water partition coefficient (Wildman–Crippen LogP) is 2.98. The van der Waals surface area contributed by atoms with Crippen molar-refractivity contribution in [3.05, 3.63) is 42.5 Å². The lowest BCUT2D eigenvalue weighted by Gasteiger charge is -2.33. The van der Waals surface area contributed by atoms with Crippen molar-refractivity contribution in [2.45, 2.75) is 25.8 Å². The van der Waals surface area contributed by atoms with Crippen LogP contribution in [-0.2, 0) is 0 Å². The second-order valence-electron chi connectivity index (χ2n) is 6.28. The van der Waals surface area contributed by atoms with E-state index in [1.807, 2.05) is 29.2 Å². The molecule has 1 aliphatic heterocycles. The second kappa shape index (κ2) is 6.11. The largest absolute Gasteiger partial charge is 0.497 e. The van der Waals surface area contributed by atoms with Crippen LogP contribution in [0.4, 0.5) is 5.82 Å². The van der Waals surface area contributed by atoms with Crippen LogP contribution < -0.4 is 9.64 Å². The summed E-state index contributed by atoms with van der Waals surface area (Å²) in [5.41, 5.74) is 2.21. The number of piperidine rings is 1. The predicted molar refractivity (Wildman–Crippen MR) is 93.5 cm³/mol. The lowest BCUT2D eigenvalue weighted by molar-refractivity contribution is 0.365. The molecular formula is C18H21N5O. The molecule has 0 N–H and O–H groups in total. The van der Waals surface area contributed by atoms with E-state index in [0.29, 0.717) is 6.04 Å². The van der Waals surface area contributed by atoms with Gasteiger partial charge in [-0.3, -0.25) is 0 Å². The van der Waals surface area contributed by atoms with Crippen LogP contribution in [0.1, 0.15) is 24.4 Å². The standard InChI is InChI=1S/C18H21N5O/c1-13-9-14-10-16(24-2)3-4-17(14)21-18(13)22-7-5-15(6-8-22)23-12-19-11-20-23/h3-4,9-12,15H,5-8H2,1-2H3. The van der Waals surface area contributed by atoms with Gasteiger partial charge < -0.3 is 9.64 Å². The first-order valence-electron chi connectivity index (χ1n) is 8.29. The van der Waals surface area contributed by atoms with Gasteiger partial charge in [-0.25, -0.2) is 14.6 Å². The van der Waals surface area contributed by atoms with Crippen LogP contribution in [0, 0.1) is 6.92 Å². The summed E-state index contributed by atoms with van der Waals surface area (Å²) in [5.74, 6) is 1.95. The Balaban J connectivity index is 1.57. The Kier molecular flexibility index (Phi) is 3.80. The van der Waals surface area contributed by atoms with Gasteiger partial charge >= 0.3 is 0 Å². The minimum atomic E-state index is 0.439. The molecule has 6 nitrogen and oxygen atoms in total. The maximum atomic E-state index is 5.30. The van der Waals surface area contributed by atoms with Gasteiger partial charge in [0.1, 0.15) is 24.2 Å². The summed E-state index contributed by atoms with van der Waals surface area (Å²) in [6.07, 6.45) is 5.54. The average molecular weight is 323 g/mol. The summed E-state index contributed by atoms with van der Waals surface area (Å²) in [6, 6.07) is 8.67. The summed E-state index contributed by atoms with van der Waals surface area (Å²) in [4.78, 5) is 11.3. The Bertz CT molecular complexity index is 838. The zero-order chi connectivity index (χ0) is 16.5. The molecule has 1 aliphatic rings. The van der Waals surface area contributed by atoms with Gasteiger partial charge in [-0.05, 0) is 49.6 Å². The third-order valence-electron chi connectivity index (χ3n) is 4.76. The van der Waals surface area contributed by atoms with E-state index in [-0.39, 0.29) is 0 Å². The average Bonchev–Trinajstić information content (AvgIpc) is 3.15. The Morgan fingerprint density at radius 1 is 1.17 bits per heavy atom. The first-order chi connectivity index (χ1) is 11.7. The Hall–Kier alpha value is -2.63. The second-order valence-corrected chi connectivity index (χ2v) is 6.28. The van der Waals surface area contributed by atoms with Crippen LogP contribution in [0.3, 0.4) is 0 Å². The highest BCUT2D eigenvalue weighted by Gasteiger charge is 2.23. The highest BCUT2D eigenvalue weighted by atomic mass is 16.5. The SMILES string of the molecule is COc1ccc2nc(N3CCC(n4cncn4)CC3)c(C)cc2c1. The molecule has 0 aliphatic carbocycles. The fraction of sp³-hybridized carbons (Fsp3) is 0.389. The van der Waals surface area contributed by atoms with Crippen LogP contribution in [0.2, 0.25) is 0 Å². The monoisotopic (exact) mass is 323 g/mol. The van der Waals surface area contributed by atoms with Gasteiger partial charge in [-0.2, -0.15) is 5.10 Å². The molecule has 1 saturated heterocycles. The Morgan fingerprint density at radius 2 is 2.00 bits per heavy atom. The van der Waals surface area contributed by atoms with Crippen molar-refractivity contribution >= 4 is 16.7 Å². The first kappa shape index (κ1) is 14.9. The maximum absolute atomic E-state index is 5.30. The summed E-state index contributed by atoms with van der Waals surface area (Å²) < 4.78 is 7.28. The molecule has 6 heteroatoms. The lowest BCUT2D eigenvalue weighted by Crippen LogP contribution is -2.35. The number of aromatic nitrogens is 4. The number of anilines is 1. The molecule has 0 radical (unpaired) electrons. The molecule has 1 fully saturated rings. The molecular weight excluding hydrogens is 302 g/mol. The normalized spacial score (nSPS) is 15.8. The van der Waals surface area contributed by atoms with Crippen molar-refractivity contribution in [3.8, 4) is 5.75 Å². The topological polar surface area (TPSA) is 56.1 Å². The molecule has 4 rings (SSSR count). The molecule has 0 bridgehead atoms. The van der Waals surface area contributed by atoms with Crippen LogP contribution >= 0.6 is 0 Å². The molecule has 0 atom stereocenters. The number of aryl methyl sites for hydroxylation is 1. The van der Waals surface area contributed by atoms with Gasteiger partial charge in [0.25, 0.3) is 0 Å². The fourth-order valence-electron chi connectivity index (χ4n) is 3.45. The molecule has 0 unspecified atom stereocenters. The van der Waals surface area contributed by atoms with E-state index in [1.165, 1.54) is 5.56 Å². The summed E-state index contributed by atoms with van der Waals surface area (Å²) in [5, 5.41) is 5.39. The van der Waals surface area contributed by atoms with E-state index in [0.717, 1.165) is 48.4 Å². The molecule has 24 heavy (non-hydrogen) atoms. The number of hydrogen-bond donors (Lipinski definition) is 0. The van der Waals surface area contributed by atoms with Gasteiger partial charge in [0.15, 0.2) is 0 Å². The van der Waals surface area contributed by atoms with E-state index in [4.69, 9.17) is 9.72 Å². The highest BCUT2D eigenvalue weighted by molar-refractivity contribution is 5.83. The summed E-state index contributed by atoms with van der Waals surface area (Å²) >= 11 is 0. The third kappa shape index (κ3) is 2.68. The number of rotatable bonds is 3. The van der Waals surface area contributed by atoms with E-state index in [2.05, 4.69) is 28.0 Å². The minimum Gasteiger partial charge on any atom is -0.497 e. The Morgan fingerprint density at radius 3 is 2.71 bits per heavy atom. The number of pyridine rings is 1. The number of fused-ring (bicyclic) bond motifs is 1. The van der Waals surface area contributed by atoms with Gasteiger partial charge in [0.2, 0.25) is 0 Å². The number of benzene rings is 1. The number of ether oxygens (including phenoxy) is 1. The zero-order valence-electron chi connectivity index (χ0n) is 14.0. The third-order valence-corrected chi connectivity index (χ3v) is 4.76. The molecule has 1 aromatic carbocycles. The fourth-order valence-corrected chi connectivity index (χ4v) is 3.45. The zero-order valence-corrected chi connectivity index (χ0v) is 14.0. The quantitative estimate of drug-likeness (QED) is 0.741. The van der Waals surface area contributed by atoms with E-state index in [1.54, 1.807) is 13.4 Å². The van der Waals surface area contributed by atoms with Gasteiger partial charge in [-0.1, -0.05) is 0 Å². The molecule has 124 valence electrons. The molecule has 0 spiro atoms.